The zero-order chi connectivity index (χ0) is 13.3. The average molecular weight is 244 g/mol. The van der Waals surface area contributed by atoms with Crippen molar-refractivity contribution in [2.24, 2.45) is 11.3 Å². The summed E-state index contributed by atoms with van der Waals surface area (Å²) in [6, 6.07) is 8.12. The van der Waals surface area contributed by atoms with E-state index in [0.29, 0.717) is 5.92 Å². The lowest BCUT2D eigenvalue weighted by atomic mass is 9.63. The fraction of sp³-hybridized carbons (Fsp3) is 0.438. The van der Waals surface area contributed by atoms with Crippen LogP contribution in [0.3, 0.4) is 0 Å². The van der Waals surface area contributed by atoms with E-state index in [4.69, 9.17) is 0 Å². The highest BCUT2D eigenvalue weighted by atomic mass is 16.4. The Morgan fingerprint density at radius 1 is 1.44 bits per heavy atom. The predicted octanol–water partition coefficient (Wildman–Crippen LogP) is 3.93. The van der Waals surface area contributed by atoms with Crippen LogP contribution in [0, 0.1) is 11.3 Å². The lowest BCUT2D eigenvalue weighted by Crippen LogP contribution is -2.37. The first-order chi connectivity index (χ1) is 8.50. The summed E-state index contributed by atoms with van der Waals surface area (Å²) in [5.74, 6) is -0.350. The molecule has 0 aliphatic heterocycles. The second kappa shape index (κ2) is 4.60. The Bertz CT molecular complexity index is 490. The minimum absolute atomic E-state index is 0.0428. The quantitative estimate of drug-likeness (QED) is 0.874. The van der Waals surface area contributed by atoms with Crippen LogP contribution in [0.5, 0.6) is 0 Å². The predicted molar refractivity (Wildman–Crippen MR) is 73.4 cm³/mol. The molecule has 0 spiro atoms. The van der Waals surface area contributed by atoms with Crippen molar-refractivity contribution in [2.45, 2.75) is 33.1 Å². The van der Waals surface area contributed by atoms with Gasteiger partial charge in [0.1, 0.15) is 0 Å². The molecular formula is C16H20O2. The third-order valence-electron chi connectivity index (χ3n) is 4.26. The van der Waals surface area contributed by atoms with Crippen LogP contribution in [-0.2, 0) is 4.79 Å². The first-order valence-electron chi connectivity index (χ1n) is 6.52. The highest BCUT2D eigenvalue weighted by Crippen LogP contribution is 2.48. The molecule has 0 saturated heterocycles. The van der Waals surface area contributed by atoms with E-state index in [1.807, 2.05) is 31.2 Å². The molecule has 0 aromatic heterocycles. The van der Waals surface area contributed by atoms with E-state index in [1.165, 1.54) is 5.56 Å². The van der Waals surface area contributed by atoms with Gasteiger partial charge in [0.25, 0.3) is 0 Å². The van der Waals surface area contributed by atoms with Crippen molar-refractivity contribution in [3.63, 3.8) is 0 Å². The number of carboxylic acids is 1. The normalized spacial score (nSPS) is 27.6. The van der Waals surface area contributed by atoms with Gasteiger partial charge in [-0.3, -0.25) is 4.79 Å². The van der Waals surface area contributed by atoms with Crippen LogP contribution in [-0.4, -0.2) is 11.1 Å². The number of rotatable bonds is 3. The molecule has 0 heterocycles. The fourth-order valence-corrected chi connectivity index (χ4v) is 2.97. The largest absolute Gasteiger partial charge is 0.481 e. The van der Waals surface area contributed by atoms with Gasteiger partial charge in [0.15, 0.2) is 0 Å². The van der Waals surface area contributed by atoms with Gasteiger partial charge in [-0.15, -0.1) is 0 Å². The van der Waals surface area contributed by atoms with Gasteiger partial charge in [-0.2, -0.15) is 0 Å². The van der Waals surface area contributed by atoms with E-state index in [-0.39, 0.29) is 5.92 Å². The fourth-order valence-electron chi connectivity index (χ4n) is 2.97. The van der Waals surface area contributed by atoms with Crippen LogP contribution in [0.2, 0.25) is 0 Å². The van der Waals surface area contributed by atoms with Gasteiger partial charge in [0, 0.05) is 5.92 Å². The van der Waals surface area contributed by atoms with E-state index < -0.39 is 11.4 Å². The summed E-state index contributed by atoms with van der Waals surface area (Å²) in [4.78, 5) is 11.7. The third-order valence-corrected chi connectivity index (χ3v) is 4.26. The summed E-state index contributed by atoms with van der Waals surface area (Å²) >= 11 is 0. The number of aliphatic carboxylic acids is 1. The number of carboxylic acid groups (broad SMARTS) is 1. The molecule has 1 unspecified atom stereocenters. The second-order valence-electron chi connectivity index (χ2n) is 5.41. The van der Waals surface area contributed by atoms with Crippen LogP contribution in [0.4, 0.5) is 0 Å². The van der Waals surface area contributed by atoms with Gasteiger partial charge in [0.05, 0.1) is 5.41 Å². The molecule has 1 aromatic carbocycles. The lowest BCUT2D eigenvalue weighted by Gasteiger charge is -2.39. The summed E-state index contributed by atoms with van der Waals surface area (Å²) in [6.07, 6.45) is 4.78. The molecule has 3 atom stereocenters. The first-order valence-corrected chi connectivity index (χ1v) is 6.52. The van der Waals surface area contributed by atoms with E-state index in [0.717, 1.165) is 12.0 Å². The average Bonchev–Trinajstić information content (AvgIpc) is 2.37. The summed E-state index contributed by atoms with van der Waals surface area (Å²) in [5, 5.41) is 9.59. The maximum atomic E-state index is 11.7. The minimum atomic E-state index is -0.802. The van der Waals surface area contributed by atoms with Gasteiger partial charge in [-0.1, -0.05) is 56.7 Å². The lowest BCUT2D eigenvalue weighted by molar-refractivity contribution is -0.147. The van der Waals surface area contributed by atoms with Crippen LogP contribution >= 0.6 is 0 Å². The zero-order valence-electron chi connectivity index (χ0n) is 11.2. The highest BCUT2D eigenvalue weighted by Gasteiger charge is 2.44. The summed E-state index contributed by atoms with van der Waals surface area (Å²) in [6.45, 7) is 6.09. The van der Waals surface area contributed by atoms with Crippen LogP contribution in [0.15, 0.2) is 30.3 Å². The summed E-state index contributed by atoms with van der Waals surface area (Å²) in [5.41, 5.74) is 1.52. The Labute approximate surface area is 108 Å². The van der Waals surface area contributed by atoms with Gasteiger partial charge in [0.2, 0.25) is 0 Å². The van der Waals surface area contributed by atoms with E-state index in [1.54, 1.807) is 0 Å². The maximum absolute atomic E-state index is 11.7. The van der Waals surface area contributed by atoms with Crippen LogP contribution < -0.4 is 0 Å². The van der Waals surface area contributed by atoms with Crippen molar-refractivity contribution in [3.05, 3.63) is 41.5 Å². The molecule has 0 radical (unpaired) electrons. The van der Waals surface area contributed by atoms with Gasteiger partial charge in [-0.05, 0) is 24.0 Å². The topological polar surface area (TPSA) is 37.3 Å². The standard InChI is InChI=1S/C16H20O2/c1-4-11(2)14-13-8-6-5-7-12(13)9-10-16(14,3)15(17)18/h5-11,14H,4H2,1-3H3,(H,17,18)/t11?,14-,16+/m1/s1. The summed E-state index contributed by atoms with van der Waals surface area (Å²) < 4.78 is 0. The second-order valence-corrected chi connectivity index (χ2v) is 5.41. The molecule has 2 heteroatoms. The molecule has 2 rings (SSSR count). The first kappa shape index (κ1) is 12.9. The van der Waals surface area contributed by atoms with Crippen molar-refractivity contribution in [2.75, 3.05) is 0 Å². The molecule has 0 amide bonds. The Morgan fingerprint density at radius 2 is 2.11 bits per heavy atom. The van der Waals surface area contributed by atoms with Crippen molar-refractivity contribution in [3.8, 4) is 0 Å². The van der Waals surface area contributed by atoms with E-state index >= 15 is 0 Å². The molecule has 0 saturated carbocycles. The summed E-state index contributed by atoms with van der Waals surface area (Å²) in [7, 11) is 0. The molecule has 1 aliphatic rings. The van der Waals surface area contributed by atoms with Crippen LogP contribution in [0.1, 0.15) is 44.2 Å². The Kier molecular flexibility index (Phi) is 3.29. The van der Waals surface area contributed by atoms with Crippen molar-refractivity contribution < 1.29 is 9.90 Å². The van der Waals surface area contributed by atoms with Crippen molar-refractivity contribution in [1.82, 2.24) is 0 Å². The van der Waals surface area contributed by atoms with Gasteiger partial charge < -0.3 is 5.11 Å². The molecule has 96 valence electrons. The molecule has 2 nitrogen and oxygen atoms in total. The molecule has 1 aliphatic carbocycles. The maximum Gasteiger partial charge on any atom is 0.313 e. The Morgan fingerprint density at radius 3 is 2.72 bits per heavy atom. The van der Waals surface area contributed by atoms with Crippen LogP contribution in [0.25, 0.3) is 6.08 Å². The third kappa shape index (κ3) is 1.86. The molecule has 0 fully saturated rings. The van der Waals surface area contributed by atoms with E-state index in [9.17, 15) is 9.90 Å². The smallest absolute Gasteiger partial charge is 0.313 e. The number of fused-ring (bicyclic) bond motifs is 1. The van der Waals surface area contributed by atoms with Gasteiger partial charge in [-0.25, -0.2) is 0 Å². The molecule has 1 aromatic rings. The molecule has 1 N–H and O–H groups in total. The zero-order valence-corrected chi connectivity index (χ0v) is 11.2. The number of hydrogen-bond donors (Lipinski definition) is 1. The minimum Gasteiger partial charge on any atom is -0.481 e. The SMILES string of the molecule is CCC(C)[C@@H]1c2ccccc2C=C[C@]1(C)C(=O)O. The number of hydrogen-bond acceptors (Lipinski definition) is 1. The van der Waals surface area contributed by atoms with Crippen molar-refractivity contribution in [1.29, 1.82) is 0 Å². The Balaban J connectivity index is 2.59. The molecule has 0 bridgehead atoms. The monoisotopic (exact) mass is 244 g/mol. The molecular weight excluding hydrogens is 224 g/mol. The van der Waals surface area contributed by atoms with Gasteiger partial charge >= 0.3 is 5.97 Å². The number of benzene rings is 1. The number of carbonyl (C=O) groups is 1. The van der Waals surface area contributed by atoms with Crippen molar-refractivity contribution >= 4 is 12.0 Å². The Hall–Kier alpha value is -1.57. The highest BCUT2D eigenvalue weighted by molar-refractivity contribution is 5.82. The molecule has 18 heavy (non-hydrogen) atoms. The van der Waals surface area contributed by atoms with E-state index in [2.05, 4.69) is 26.0 Å².